The number of aromatic nitrogens is 2. The molecule has 0 saturated heterocycles. The highest BCUT2D eigenvalue weighted by Crippen LogP contribution is 2.27. The Bertz CT molecular complexity index is 956. The van der Waals surface area contributed by atoms with Crippen molar-refractivity contribution in [3.05, 3.63) is 64.4 Å². The number of nitrogens with zero attached hydrogens (tertiary/aromatic N) is 2. The third-order valence-corrected chi connectivity index (χ3v) is 6.17. The van der Waals surface area contributed by atoms with Crippen LogP contribution >= 0.6 is 22.9 Å². The lowest BCUT2D eigenvalue weighted by atomic mass is 10.3. The number of halogens is 1. The molecule has 0 fully saturated rings. The summed E-state index contributed by atoms with van der Waals surface area (Å²) in [5.74, 6) is 0. The average molecular weight is 380 g/mol. The Kier molecular flexibility index (Phi) is 4.96. The van der Waals surface area contributed by atoms with Crippen molar-refractivity contribution in [1.29, 1.82) is 0 Å². The Balaban J connectivity index is 1.79. The van der Waals surface area contributed by atoms with E-state index in [-0.39, 0.29) is 11.4 Å². The molecule has 0 aliphatic carbocycles. The molecule has 5 nitrogen and oxygen atoms in total. The number of nitrogens with one attached hydrogen (secondary N) is 1. The van der Waals surface area contributed by atoms with E-state index in [1.807, 2.05) is 19.1 Å². The summed E-state index contributed by atoms with van der Waals surface area (Å²) in [6.45, 7) is 2.04. The number of hydrogen-bond donors (Lipinski definition) is 1. The van der Waals surface area contributed by atoms with Crippen LogP contribution in [0, 0.1) is 6.92 Å². The Labute approximate surface area is 149 Å². The number of sulfonamides is 1. The van der Waals surface area contributed by atoms with Gasteiger partial charge in [-0.3, -0.25) is 4.98 Å². The highest BCUT2D eigenvalue weighted by molar-refractivity contribution is 7.89. The van der Waals surface area contributed by atoms with E-state index in [9.17, 15) is 8.42 Å². The molecule has 24 heavy (non-hydrogen) atoms. The molecule has 124 valence electrons. The molecule has 2 heterocycles. The Morgan fingerprint density at radius 2 is 2.08 bits per heavy atom. The summed E-state index contributed by atoms with van der Waals surface area (Å²) in [5, 5.41) is 1.20. The van der Waals surface area contributed by atoms with E-state index >= 15 is 0 Å². The summed E-state index contributed by atoms with van der Waals surface area (Å²) in [4.78, 5) is 9.57. The number of aryl methyl sites for hydroxylation is 1. The molecule has 1 aromatic carbocycles. The van der Waals surface area contributed by atoms with Gasteiger partial charge in [-0.15, -0.1) is 11.3 Å². The van der Waals surface area contributed by atoms with Gasteiger partial charge >= 0.3 is 0 Å². The van der Waals surface area contributed by atoms with Crippen molar-refractivity contribution in [3.8, 4) is 10.6 Å². The van der Waals surface area contributed by atoms with Gasteiger partial charge in [0, 0.05) is 34.4 Å². The van der Waals surface area contributed by atoms with Crippen molar-refractivity contribution < 1.29 is 8.42 Å². The molecule has 0 aliphatic rings. The highest BCUT2D eigenvalue weighted by atomic mass is 35.5. The van der Waals surface area contributed by atoms with Gasteiger partial charge in [0.15, 0.2) is 0 Å². The normalized spacial score (nSPS) is 11.6. The topological polar surface area (TPSA) is 72.0 Å². The maximum Gasteiger partial charge on any atom is 0.240 e. The average Bonchev–Trinajstić information content (AvgIpc) is 2.95. The molecular weight excluding hydrogens is 366 g/mol. The molecule has 0 spiro atoms. The van der Waals surface area contributed by atoms with Crippen LogP contribution in [0.1, 0.15) is 10.6 Å². The highest BCUT2D eigenvalue weighted by Gasteiger charge is 2.16. The number of rotatable bonds is 5. The van der Waals surface area contributed by atoms with Crippen LogP contribution in [0.25, 0.3) is 10.6 Å². The van der Waals surface area contributed by atoms with Gasteiger partial charge in [-0.2, -0.15) is 0 Å². The van der Waals surface area contributed by atoms with Crippen LogP contribution in [0.5, 0.6) is 0 Å². The first-order valence-corrected chi connectivity index (χ1v) is 9.75. The second-order valence-corrected chi connectivity index (χ2v) is 8.34. The van der Waals surface area contributed by atoms with E-state index in [0.29, 0.717) is 5.02 Å². The first kappa shape index (κ1) is 17.0. The summed E-state index contributed by atoms with van der Waals surface area (Å²) < 4.78 is 27.3. The zero-order valence-corrected chi connectivity index (χ0v) is 15.1. The van der Waals surface area contributed by atoms with Gasteiger partial charge < -0.3 is 0 Å². The predicted octanol–water partition coefficient (Wildman–Crippen LogP) is 3.65. The van der Waals surface area contributed by atoms with Crippen LogP contribution in [0.15, 0.2) is 53.7 Å². The largest absolute Gasteiger partial charge is 0.264 e. The molecule has 0 saturated carbocycles. The summed E-state index contributed by atoms with van der Waals surface area (Å²) >= 11 is 7.31. The quantitative estimate of drug-likeness (QED) is 0.734. The zero-order valence-electron chi connectivity index (χ0n) is 12.7. The Morgan fingerprint density at radius 3 is 2.79 bits per heavy atom. The predicted molar refractivity (Wildman–Crippen MR) is 95.6 cm³/mol. The van der Waals surface area contributed by atoms with Crippen molar-refractivity contribution in [3.63, 3.8) is 0 Å². The molecule has 3 aromatic rings. The molecule has 2 aromatic heterocycles. The van der Waals surface area contributed by atoms with Crippen molar-refractivity contribution in [2.24, 2.45) is 0 Å². The van der Waals surface area contributed by atoms with Crippen molar-refractivity contribution in [2.75, 3.05) is 0 Å². The van der Waals surface area contributed by atoms with Crippen LogP contribution in [0.3, 0.4) is 0 Å². The second kappa shape index (κ2) is 6.98. The van der Waals surface area contributed by atoms with Crippen LogP contribution in [-0.2, 0) is 16.6 Å². The summed E-state index contributed by atoms with van der Waals surface area (Å²) in [5.41, 5.74) is 1.71. The smallest absolute Gasteiger partial charge is 0.240 e. The molecule has 0 radical (unpaired) electrons. The van der Waals surface area contributed by atoms with Gasteiger partial charge in [-0.1, -0.05) is 17.7 Å². The van der Waals surface area contributed by atoms with Crippen LogP contribution < -0.4 is 4.72 Å². The van der Waals surface area contributed by atoms with Gasteiger partial charge in [0.1, 0.15) is 5.01 Å². The van der Waals surface area contributed by atoms with E-state index < -0.39 is 10.0 Å². The van der Waals surface area contributed by atoms with Crippen molar-refractivity contribution in [1.82, 2.24) is 14.7 Å². The van der Waals surface area contributed by atoms with E-state index in [0.717, 1.165) is 21.1 Å². The summed E-state index contributed by atoms with van der Waals surface area (Å²) in [7, 11) is -3.62. The Hall–Kier alpha value is -1.80. The van der Waals surface area contributed by atoms with Gasteiger partial charge in [-0.25, -0.2) is 18.1 Å². The minimum absolute atomic E-state index is 0.143. The van der Waals surface area contributed by atoms with Gasteiger partial charge in [-0.05, 0) is 37.3 Å². The molecule has 0 atom stereocenters. The molecular formula is C16H14ClN3O2S2. The van der Waals surface area contributed by atoms with Gasteiger partial charge in [0.2, 0.25) is 10.0 Å². The molecule has 0 unspecified atom stereocenters. The molecule has 0 aliphatic heterocycles. The number of benzene rings is 1. The fraction of sp³-hybridized carbons (Fsp3) is 0.125. The lowest BCUT2D eigenvalue weighted by Gasteiger charge is -2.06. The minimum atomic E-state index is -3.62. The minimum Gasteiger partial charge on any atom is -0.264 e. The second-order valence-electron chi connectivity index (χ2n) is 5.05. The maximum atomic E-state index is 12.4. The van der Waals surface area contributed by atoms with Gasteiger partial charge in [0.25, 0.3) is 0 Å². The maximum absolute atomic E-state index is 12.4. The van der Waals surface area contributed by atoms with E-state index in [1.54, 1.807) is 24.5 Å². The number of hydrogen-bond acceptors (Lipinski definition) is 5. The fourth-order valence-corrected chi connectivity index (χ4v) is 4.46. The third kappa shape index (κ3) is 3.81. The first-order chi connectivity index (χ1) is 11.5. The monoisotopic (exact) mass is 379 g/mol. The summed E-state index contributed by atoms with van der Waals surface area (Å²) in [6.07, 6.45) is 3.43. The first-order valence-electron chi connectivity index (χ1n) is 7.07. The standard InChI is InChI=1S/C16H14ClN3O2S2/c1-11-15(23-16(20-11)12-4-3-7-18-9-12)10-19-24(21,22)14-6-2-5-13(17)8-14/h2-9,19H,10H2,1H3. The van der Waals surface area contributed by atoms with Crippen molar-refractivity contribution in [2.45, 2.75) is 18.4 Å². The lowest BCUT2D eigenvalue weighted by Crippen LogP contribution is -2.23. The molecule has 0 bridgehead atoms. The van der Waals surface area contributed by atoms with Crippen molar-refractivity contribution >= 4 is 33.0 Å². The molecule has 8 heteroatoms. The van der Waals surface area contributed by atoms with Crippen LogP contribution in [-0.4, -0.2) is 18.4 Å². The van der Waals surface area contributed by atoms with E-state index in [4.69, 9.17) is 11.6 Å². The number of pyridine rings is 1. The zero-order chi connectivity index (χ0) is 17.2. The third-order valence-electron chi connectivity index (χ3n) is 3.33. The summed E-state index contributed by atoms with van der Waals surface area (Å²) in [6, 6.07) is 9.93. The molecule has 1 N–H and O–H groups in total. The number of thiazole rings is 1. The van der Waals surface area contributed by atoms with Crippen LogP contribution in [0.2, 0.25) is 5.02 Å². The lowest BCUT2D eigenvalue weighted by molar-refractivity contribution is 0.581. The molecule has 3 rings (SSSR count). The Morgan fingerprint density at radius 1 is 1.25 bits per heavy atom. The fourth-order valence-electron chi connectivity index (χ4n) is 2.08. The van der Waals surface area contributed by atoms with E-state index in [1.165, 1.54) is 23.5 Å². The molecule has 0 amide bonds. The van der Waals surface area contributed by atoms with E-state index in [2.05, 4.69) is 14.7 Å². The van der Waals surface area contributed by atoms with Gasteiger partial charge in [0.05, 0.1) is 10.6 Å². The SMILES string of the molecule is Cc1nc(-c2cccnc2)sc1CNS(=O)(=O)c1cccc(Cl)c1. The van der Waals surface area contributed by atoms with Crippen LogP contribution in [0.4, 0.5) is 0 Å².